The minimum atomic E-state index is 0.127. The Bertz CT molecular complexity index is 1480. The molecule has 2 aromatic rings. The van der Waals surface area contributed by atoms with Gasteiger partial charge in [0.15, 0.2) is 0 Å². The Hall–Kier alpha value is -2.00. The first kappa shape index (κ1) is 44.1. The Morgan fingerprint density at radius 2 is 1.31 bits per heavy atom. The van der Waals surface area contributed by atoms with E-state index in [0.717, 1.165) is 30.3 Å². The van der Waals surface area contributed by atoms with Gasteiger partial charge in [0, 0.05) is 53.9 Å². The van der Waals surface area contributed by atoms with Crippen LogP contribution in [0.15, 0.2) is 48.5 Å². The summed E-state index contributed by atoms with van der Waals surface area (Å²) in [5.74, 6) is 3.03. The van der Waals surface area contributed by atoms with Crippen LogP contribution in [0.25, 0.3) is 0 Å². The molecule has 5 aliphatic rings. The first-order valence-corrected chi connectivity index (χ1v) is 25.9. The smallest absolute Gasteiger partial charge is 0.0380 e. The van der Waals surface area contributed by atoms with Gasteiger partial charge in [-0.25, -0.2) is 0 Å². The predicted molar refractivity (Wildman–Crippen MR) is 253 cm³/mol. The van der Waals surface area contributed by atoms with Crippen molar-refractivity contribution >= 4 is 11.4 Å². The minimum Gasteiger partial charge on any atom is -0.381 e. The molecule has 0 aromatic heterocycles. The summed E-state index contributed by atoms with van der Waals surface area (Å²) in [6.07, 6.45) is 36.4. The molecule has 0 bridgehead atoms. The highest BCUT2D eigenvalue weighted by molar-refractivity contribution is 5.62. The number of nitrogens with zero attached hydrogens (tertiary/aromatic N) is 2. The highest BCUT2D eigenvalue weighted by Crippen LogP contribution is 2.64. The highest BCUT2D eigenvalue weighted by Gasteiger charge is 2.61. The van der Waals surface area contributed by atoms with E-state index >= 15 is 0 Å². The van der Waals surface area contributed by atoms with Crippen molar-refractivity contribution in [2.75, 3.05) is 29.9 Å². The normalized spacial score (nSPS) is 26.9. The molecular weight excluding hydrogens is 703 g/mol. The molecule has 1 heterocycles. The summed E-state index contributed by atoms with van der Waals surface area (Å²) in [7, 11) is 0. The molecule has 324 valence electrons. The summed E-state index contributed by atoms with van der Waals surface area (Å²) >= 11 is 0. The van der Waals surface area contributed by atoms with Gasteiger partial charge >= 0.3 is 0 Å². The molecule has 0 spiro atoms. The molecule has 7 rings (SSSR count). The van der Waals surface area contributed by atoms with Gasteiger partial charge in [-0.3, -0.25) is 0 Å². The Morgan fingerprint density at radius 3 is 1.98 bits per heavy atom. The van der Waals surface area contributed by atoms with Crippen LogP contribution in [0, 0.1) is 23.2 Å². The Morgan fingerprint density at radius 1 is 0.655 bits per heavy atom. The summed E-state index contributed by atoms with van der Waals surface area (Å²) in [4.78, 5) is 5.93. The van der Waals surface area contributed by atoms with E-state index in [2.05, 4.69) is 98.3 Å². The summed E-state index contributed by atoms with van der Waals surface area (Å²) in [5.41, 5.74) is 6.59. The van der Waals surface area contributed by atoms with Gasteiger partial charge in [0.05, 0.1) is 0 Å². The van der Waals surface area contributed by atoms with Crippen LogP contribution in [0.2, 0.25) is 0 Å². The van der Waals surface area contributed by atoms with Crippen LogP contribution in [0.1, 0.15) is 219 Å². The Balaban J connectivity index is 1.22. The lowest BCUT2D eigenvalue weighted by Gasteiger charge is -2.64. The average molecular weight is 792 g/mol. The fourth-order valence-electron chi connectivity index (χ4n) is 14.3. The average Bonchev–Trinajstić information content (AvgIpc) is 3.56. The Labute approximate surface area is 358 Å². The molecule has 5 atom stereocenters. The van der Waals surface area contributed by atoms with Crippen LogP contribution in [0.3, 0.4) is 0 Å². The van der Waals surface area contributed by atoms with E-state index in [-0.39, 0.29) is 5.41 Å². The summed E-state index contributed by atoms with van der Waals surface area (Å²) in [6.45, 7) is 16.7. The number of fused-ring (bicyclic) bond motifs is 2. The number of hydrogen-bond donors (Lipinski definition) is 1. The standard InChI is InChI=1S/C55H89N3/c1-6-9-23-38-57(48-28-17-12-18-29-48)41-45(24-7-2)44-35-37-53-55(40-44,47-26-15-10-11-16-27-47)54(4,5)51-39-43(34-36-52(51)56-53)46(25-8-3)42-58(49-30-19-13-20-31-49)50-32-21-14-22-33-50/h13,19-20,30-31,34,36,39,44-48,50,53,56H,6-12,14-18,21-29,32-33,35,37-38,40-42H2,1-5H3/t44?,45-,46+,53?,55?/m0/s1. The number of hydrogen-bond acceptors (Lipinski definition) is 3. The lowest BCUT2D eigenvalue weighted by Crippen LogP contribution is -2.63. The zero-order chi connectivity index (χ0) is 40.4. The van der Waals surface area contributed by atoms with Crippen molar-refractivity contribution in [3.63, 3.8) is 0 Å². The molecule has 4 saturated carbocycles. The lowest BCUT2D eigenvalue weighted by atomic mass is 9.44. The molecular formula is C55H89N3. The fourth-order valence-corrected chi connectivity index (χ4v) is 14.3. The van der Waals surface area contributed by atoms with Crippen molar-refractivity contribution in [2.24, 2.45) is 23.2 Å². The van der Waals surface area contributed by atoms with Crippen LogP contribution >= 0.6 is 0 Å². The van der Waals surface area contributed by atoms with E-state index in [4.69, 9.17) is 0 Å². The van der Waals surface area contributed by atoms with Crippen LogP contribution in [-0.2, 0) is 5.41 Å². The molecule has 4 aliphatic carbocycles. The molecule has 1 aliphatic heterocycles. The van der Waals surface area contributed by atoms with Gasteiger partial charge in [-0.2, -0.15) is 0 Å². The van der Waals surface area contributed by atoms with Gasteiger partial charge < -0.3 is 15.1 Å². The second-order valence-electron chi connectivity index (χ2n) is 21.2. The lowest BCUT2D eigenvalue weighted by molar-refractivity contribution is -0.0491. The number of benzene rings is 2. The fraction of sp³-hybridized carbons (Fsp3) is 0.782. The molecule has 3 nitrogen and oxygen atoms in total. The SMILES string of the molecule is CCCCCN(C[C@H](CCC)C1CCC2Nc3ccc([C@H](CCC)CN(c4ccccc4)C4CCCCC4)cc3C(C)(C)C2(C2CCCCCC2)C1)C1CCCCC1. The molecule has 2 aromatic carbocycles. The predicted octanol–water partition coefficient (Wildman–Crippen LogP) is 15.5. The maximum absolute atomic E-state index is 4.43. The van der Waals surface area contributed by atoms with Crippen LogP contribution < -0.4 is 10.2 Å². The molecule has 0 amide bonds. The van der Waals surface area contributed by atoms with Gasteiger partial charge in [0.25, 0.3) is 0 Å². The van der Waals surface area contributed by atoms with E-state index < -0.39 is 0 Å². The van der Waals surface area contributed by atoms with Crippen molar-refractivity contribution in [1.29, 1.82) is 0 Å². The first-order valence-electron chi connectivity index (χ1n) is 25.9. The molecule has 0 saturated heterocycles. The Kier molecular flexibility index (Phi) is 16.1. The molecule has 3 unspecified atom stereocenters. The van der Waals surface area contributed by atoms with Gasteiger partial charge in [-0.05, 0) is 136 Å². The molecule has 4 fully saturated rings. The van der Waals surface area contributed by atoms with Crippen LogP contribution in [0.5, 0.6) is 0 Å². The third-order valence-electron chi connectivity index (χ3n) is 17.4. The van der Waals surface area contributed by atoms with E-state index in [1.54, 1.807) is 11.1 Å². The first-order chi connectivity index (χ1) is 28.4. The van der Waals surface area contributed by atoms with Crippen molar-refractivity contribution in [1.82, 2.24) is 4.90 Å². The third kappa shape index (κ3) is 9.87. The van der Waals surface area contributed by atoms with Crippen molar-refractivity contribution in [2.45, 2.75) is 231 Å². The number of unbranched alkanes of at least 4 members (excludes halogenated alkanes) is 2. The maximum atomic E-state index is 4.43. The molecule has 58 heavy (non-hydrogen) atoms. The number of anilines is 2. The topological polar surface area (TPSA) is 18.5 Å². The summed E-state index contributed by atoms with van der Waals surface area (Å²) in [5, 5.41) is 4.43. The zero-order valence-corrected chi connectivity index (χ0v) is 38.6. The van der Waals surface area contributed by atoms with Crippen LogP contribution in [0.4, 0.5) is 11.4 Å². The van der Waals surface area contributed by atoms with E-state index in [1.807, 2.05) is 0 Å². The second kappa shape index (κ2) is 21.2. The van der Waals surface area contributed by atoms with E-state index in [0.29, 0.717) is 23.4 Å². The van der Waals surface area contributed by atoms with Gasteiger partial charge in [0.2, 0.25) is 0 Å². The minimum absolute atomic E-state index is 0.127. The van der Waals surface area contributed by atoms with Crippen molar-refractivity contribution in [3.05, 3.63) is 59.7 Å². The van der Waals surface area contributed by atoms with E-state index in [9.17, 15) is 0 Å². The summed E-state index contributed by atoms with van der Waals surface area (Å²) in [6, 6.07) is 21.5. The van der Waals surface area contributed by atoms with Crippen molar-refractivity contribution < 1.29 is 0 Å². The number of rotatable bonds is 18. The quantitative estimate of drug-likeness (QED) is 0.120. The summed E-state index contributed by atoms with van der Waals surface area (Å²) < 4.78 is 0. The van der Waals surface area contributed by atoms with E-state index in [1.165, 1.54) is 191 Å². The van der Waals surface area contributed by atoms with Crippen molar-refractivity contribution in [3.8, 4) is 0 Å². The maximum Gasteiger partial charge on any atom is 0.0380 e. The largest absolute Gasteiger partial charge is 0.381 e. The molecule has 3 heteroatoms. The molecule has 1 N–H and O–H groups in total. The second-order valence-corrected chi connectivity index (χ2v) is 21.2. The van der Waals surface area contributed by atoms with Gasteiger partial charge in [-0.1, -0.05) is 155 Å². The number of para-hydroxylation sites is 1. The third-order valence-corrected chi connectivity index (χ3v) is 17.4. The van der Waals surface area contributed by atoms with Crippen LogP contribution in [-0.4, -0.2) is 42.7 Å². The number of nitrogens with one attached hydrogen (secondary N) is 1. The monoisotopic (exact) mass is 792 g/mol. The van der Waals surface area contributed by atoms with Gasteiger partial charge in [0.1, 0.15) is 0 Å². The van der Waals surface area contributed by atoms with Gasteiger partial charge in [-0.15, -0.1) is 0 Å². The zero-order valence-electron chi connectivity index (χ0n) is 38.6. The highest BCUT2D eigenvalue weighted by atomic mass is 15.2. The molecule has 0 radical (unpaired) electrons.